The van der Waals surface area contributed by atoms with E-state index < -0.39 is 55.5 Å². The van der Waals surface area contributed by atoms with Gasteiger partial charge >= 0.3 is 17.9 Å². The minimum atomic E-state index is -1.38. The molecule has 0 aliphatic rings. The highest BCUT2D eigenvalue weighted by atomic mass is 16.6. The molecule has 0 spiro atoms. The largest absolute Gasteiger partial charge is 0.460 e. The molecule has 0 aromatic heterocycles. The van der Waals surface area contributed by atoms with Crippen molar-refractivity contribution < 1.29 is 43.9 Å². The van der Waals surface area contributed by atoms with Gasteiger partial charge in [-0.3, -0.25) is 0 Å². The SMILES string of the molecule is CCCCCCCCC=CCCCCCCC(O)C(=O)OCC(COC(=O)C(O)CCCCCCC=CCCCCCCCC)OC(=O)C(O)CCCCCCC=CCCCCCCCC. The van der Waals surface area contributed by atoms with Gasteiger partial charge in [0.25, 0.3) is 0 Å². The second-order valence-electron chi connectivity index (χ2n) is 18.9. The lowest BCUT2D eigenvalue weighted by atomic mass is 10.1. The van der Waals surface area contributed by atoms with E-state index in [4.69, 9.17) is 14.2 Å². The van der Waals surface area contributed by atoms with Crippen LogP contribution < -0.4 is 0 Å². The van der Waals surface area contributed by atoms with Crippen LogP contribution in [0.5, 0.6) is 0 Å². The number of unbranched alkanes of at least 4 members (excludes halogenated alkanes) is 30. The van der Waals surface area contributed by atoms with Gasteiger partial charge in [0.05, 0.1) is 0 Å². The van der Waals surface area contributed by atoms with Crippen molar-refractivity contribution in [1.82, 2.24) is 0 Å². The Hall–Kier alpha value is -2.49. The molecule has 0 aliphatic carbocycles. The summed E-state index contributed by atoms with van der Waals surface area (Å²) >= 11 is 0. The quantitative estimate of drug-likeness (QED) is 0.0235. The normalized spacial score (nSPS) is 13.7. The zero-order valence-electron chi connectivity index (χ0n) is 43.1. The lowest BCUT2D eigenvalue weighted by molar-refractivity contribution is -0.177. The van der Waals surface area contributed by atoms with E-state index in [1.54, 1.807) is 0 Å². The molecule has 9 nitrogen and oxygen atoms in total. The molecule has 0 saturated heterocycles. The summed E-state index contributed by atoms with van der Waals surface area (Å²) in [5.74, 6) is -2.57. The standard InChI is InChI=1S/C57H104O9/c1-4-7-10-13-16-19-22-25-28-31-34-37-40-43-46-52(58)55(61)64-49-51(66-57(63)54(60)48-45-42-39-36-33-30-27-24-21-18-15-12-9-6-3)50-65-56(62)53(59)47-44-41-38-35-32-29-26-23-20-17-14-11-8-5-2/h25-30,51-54,58-60H,4-24,31-50H2,1-3H3. The van der Waals surface area contributed by atoms with Crippen LogP contribution in [0.4, 0.5) is 0 Å². The number of aliphatic hydroxyl groups excluding tert-OH is 3. The molecule has 0 rings (SSSR count). The van der Waals surface area contributed by atoms with Crippen LogP contribution in [0.15, 0.2) is 36.5 Å². The maximum absolute atomic E-state index is 12.9. The Labute approximate surface area is 405 Å². The molecule has 3 atom stereocenters. The third-order valence-electron chi connectivity index (χ3n) is 12.4. The molecule has 0 bridgehead atoms. The summed E-state index contributed by atoms with van der Waals surface area (Å²) in [6.45, 7) is 5.81. The maximum Gasteiger partial charge on any atom is 0.335 e. The highest BCUT2D eigenvalue weighted by molar-refractivity contribution is 5.76. The van der Waals surface area contributed by atoms with Crippen LogP contribution in [0.3, 0.4) is 0 Å². The van der Waals surface area contributed by atoms with Crippen LogP contribution in [0.25, 0.3) is 0 Å². The molecule has 0 saturated carbocycles. The Bertz CT molecular complexity index is 1110. The molecular formula is C57H104O9. The van der Waals surface area contributed by atoms with E-state index in [2.05, 4.69) is 57.2 Å². The molecule has 386 valence electrons. The Balaban J connectivity index is 4.71. The van der Waals surface area contributed by atoms with Crippen LogP contribution in [0, 0.1) is 0 Å². The van der Waals surface area contributed by atoms with Crippen LogP contribution in [-0.4, -0.2) is 70.9 Å². The maximum atomic E-state index is 12.9. The molecule has 3 N–H and O–H groups in total. The molecule has 0 aliphatic heterocycles. The van der Waals surface area contributed by atoms with Crippen LogP contribution in [0.2, 0.25) is 0 Å². The Morgan fingerprint density at radius 1 is 0.333 bits per heavy atom. The molecule has 0 amide bonds. The van der Waals surface area contributed by atoms with Crippen molar-refractivity contribution in [3.63, 3.8) is 0 Å². The van der Waals surface area contributed by atoms with Gasteiger partial charge in [0.2, 0.25) is 0 Å². The summed E-state index contributed by atoms with van der Waals surface area (Å²) in [7, 11) is 0. The first-order valence-electron chi connectivity index (χ1n) is 27.8. The van der Waals surface area contributed by atoms with E-state index in [-0.39, 0.29) is 19.3 Å². The van der Waals surface area contributed by atoms with Crippen LogP contribution in [-0.2, 0) is 28.6 Å². The van der Waals surface area contributed by atoms with Gasteiger partial charge < -0.3 is 29.5 Å². The van der Waals surface area contributed by atoms with Crippen molar-refractivity contribution in [2.24, 2.45) is 0 Å². The van der Waals surface area contributed by atoms with Gasteiger partial charge in [0.15, 0.2) is 24.4 Å². The molecule has 9 heteroatoms. The first-order valence-corrected chi connectivity index (χ1v) is 27.8. The van der Waals surface area contributed by atoms with Gasteiger partial charge in [0.1, 0.15) is 13.2 Å². The number of esters is 3. The number of rotatable bonds is 50. The average Bonchev–Trinajstić information content (AvgIpc) is 3.32. The summed E-state index contributed by atoms with van der Waals surface area (Å²) in [5.41, 5.74) is 0. The first-order chi connectivity index (χ1) is 32.3. The first kappa shape index (κ1) is 63.5. The van der Waals surface area contributed by atoms with Gasteiger partial charge in [-0.15, -0.1) is 0 Å². The molecule has 0 aromatic rings. The van der Waals surface area contributed by atoms with Crippen molar-refractivity contribution in [2.45, 2.75) is 296 Å². The number of allylic oxidation sites excluding steroid dienone is 6. The van der Waals surface area contributed by atoms with Gasteiger partial charge in [-0.1, -0.05) is 211 Å². The topological polar surface area (TPSA) is 140 Å². The average molecular weight is 933 g/mol. The highest BCUT2D eigenvalue weighted by Crippen LogP contribution is 2.15. The van der Waals surface area contributed by atoms with Crippen molar-refractivity contribution in [3.05, 3.63) is 36.5 Å². The number of carbonyl (C=O) groups excluding carboxylic acids is 3. The Morgan fingerprint density at radius 3 is 0.833 bits per heavy atom. The second kappa shape index (κ2) is 50.4. The number of carbonyl (C=O) groups is 3. The minimum absolute atomic E-state index is 0.224. The van der Waals surface area contributed by atoms with Gasteiger partial charge in [-0.2, -0.15) is 0 Å². The smallest absolute Gasteiger partial charge is 0.335 e. The van der Waals surface area contributed by atoms with E-state index in [9.17, 15) is 29.7 Å². The van der Waals surface area contributed by atoms with Crippen molar-refractivity contribution in [3.8, 4) is 0 Å². The summed E-state index contributed by atoms with van der Waals surface area (Å²) in [6, 6.07) is 0. The zero-order valence-corrected chi connectivity index (χ0v) is 43.1. The molecule has 0 radical (unpaired) electrons. The van der Waals surface area contributed by atoms with Crippen molar-refractivity contribution in [2.75, 3.05) is 13.2 Å². The number of aliphatic hydroxyl groups is 3. The fourth-order valence-electron chi connectivity index (χ4n) is 7.95. The fourth-order valence-corrected chi connectivity index (χ4v) is 7.95. The summed E-state index contributed by atoms with van der Waals surface area (Å²) < 4.78 is 16.2. The van der Waals surface area contributed by atoms with E-state index in [1.807, 2.05) is 0 Å². The fraction of sp³-hybridized carbons (Fsp3) is 0.842. The monoisotopic (exact) mass is 933 g/mol. The number of hydrogen-bond acceptors (Lipinski definition) is 9. The predicted molar refractivity (Wildman–Crippen MR) is 274 cm³/mol. The minimum Gasteiger partial charge on any atom is -0.460 e. The molecule has 66 heavy (non-hydrogen) atoms. The van der Waals surface area contributed by atoms with E-state index in [0.717, 1.165) is 96.3 Å². The number of ether oxygens (including phenoxy) is 3. The highest BCUT2D eigenvalue weighted by Gasteiger charge is 2.27. The van der Waals surface area contributed by atoms with E-state index in [1.165, 1.54) is 116 Å². The second-order valence-corrected chi connectivity index (χ2v) is 18.9. The number of hydrogen-bond donors (Lipinski definition) is 3. The van der Waals surface area contributed by atoms with E-state index >= 15 is 0 Å². The summed E-state index contributed by atoms with van der Waals surface area (Å²) in [5, 5.41) is 31.6. The summed E-state index contributed by atoms with van der Waals surface area (Å²) in [6.07, 6.45) is 50.0. The third-order valence-corrected chi connectivity index (χ3v) is 12.4. The van der Waals surface area contributed by atoms with E-state index in [0.29, 0.717) is 19.3 Å². The third kappa shape index (κ3) is 44.0. The molecule has 0 aromatic carbocycles. The predicted octanol–water partition coefficient (Wildman–Crippen LogP) is 15.0. The van der Waals surface area contributed by atoms with Crippen LogP contribution in [0.1, 0.15) is 271 Å². The molecule has 3 unspecified atom stereocenters. The van der Waals surface area contributed by atoms with Gasteiger partial charge in [0, 0.05) is 0 Å². The lowest BCUT2D eigenvalue weighted by Gasteiger charge is -2.21. The molecule has 0 heterocycles. The van der Waals surface area contributed by atoms with Crippen LogP contribution >= 0.6 is 0 Å². The van der Waals surface area contributed by atoms with Gasteiger partial charge in [-0.25, -0.2) is 14.4 Å². The lowest BCUT2D eigenvalue weighted by Crippen LogP contribution is -2.37. The Kier molecular flexibility index (Phi) is 48.5. The zero-order chi connectivity index (χ0) is 48.4. The Morgan fingerprint density at radius 2 is 0.561 bits per heavy atom. The molecular weight excluding hydrogens is 829 g/mol. The van der Waals surface area contributed by atoms with Crippen molar-refractivity contribution in [1.29, 1.82) is 0 Å². The summed E-state index contributed by atoms with van der Waals surface area (Å²) in [4.78, 5) is 38.4. The van der Waals surface area contributed by atoms with Crippen molar-refractivity contribution >= 4 is 17.9 Å². The molecule has 0 fully saturated rings. The van der Waals surface area contributed by atoms with Gasteiger partial charge in [-0.05, 0) is 96.3 Å².